The molecule has 0 unspecified atom stereocenters. The van der Waals surface area contributed by atoms with Crippen molar-refractivity contribution in [3.05, 3.63) is 29.6 Å². The van der Waals surface area contributed by atoms with E-state index in [0.29, 0.717) is 0 Å². The monoisotopic (exact) mass is 247 g/mol. The van der Waals surface area contributed by atoms with Crippen LogP contribution in [0.15, 0.2) is 23.1 Å². The summed E-state index contributed by atoms with van der Waals surface area (Å²) in [7, 11) is -4.12. The Labute approximate surface area is 91.7 Å². The van der Waals surface area contributed by atoms with Gasteiger partial charge in [0.2, 0.25) is 10.0 Å². The van der Waals surface area contributed by atoms with Crippen LogP contribution >= 0.6 is 0 Å². The fourth-order valence-corrected chi connectivity index (χ4v) is 1.86. The maximum absolute atomic E-state index is 13.6. The van der Waals surface area contributed by atoms with Gasteiger partial charge in [-0.25, -0.2) is 17.9 Å². The molecule has 0 radical (unpaired) electrons. The summed E-state index contributed by atoms with van der Waals surface area (Å²) < 4.78 is 35.5. The molecule has 16 heavy (non-hydrogen) atoms. The normalized spacial score (nSPS) is 11.4. The van der Waals surface area contributed by atoms with E-state index in [0.717, 1.165) is 6.07 Å². The van der Waals surface area contributed by atoms with Gasteiger partial charge < -0.3 is 5.11 Å². The zero-order valence-corrected chi connectivity index (χ0v) is 9.00. The molecule has 88 valence electrons. The topological polar surface area (TPSA) is 97.5 Å². The van der Waals surface area contributed by atoms with Crippen LogP contribution in [-0.4, -0.2) is 19.5 Å². The van der Waals surface area contributed by atoms with E-state index in [2.05, 4.69) is 0 Å². The van der Waals surface area contributed by atoms with Crippen molar-refractivity contribution < 1.29 is 22.7 Å². The van der Waals surface area contributed by atoms with E-state index in [9.17, 15) is 17.6 Å². The molecule has 0 fully saturated rings. The minimum absolute atomic E-state index is 0.0222. The molecule has 0 heterocycles. The molecule has 1 aromatic carbocycles. The van der Waals surface area contributed by atoms with Crippen LogP contribution in [0.25, 0.3) is 0 Å². The van der Waals surface area contributed by atoms with Gasteiger partial charge in [0.1, 0.15) is 10.7 Å². The van der Waals surface area contributed by atoms with Gasteiger partial charge in [0, 0.05) is 6.42 Å². The molecule has 0 aliphatic carbocycles. The molecule has 0 aromatic heterocycles. The molecular formula is C9H10FNO4S. The maximum Gasteiger partial charge on any atom is 0.303 e. The molecule has 0 atom stereocenters. The largest absolute Gasteiger partial charge is 0.481 e. The number of aryl methyl sites for hydroxylation is 1. The van der Waals surface area contributed by atoms with Crippen LogP contribution in [0.4, 0.5) is 4.39 Å². The molecule has 1 aromatic rings. The lowest BCUT2D eigenvalue weighted by Gasteiger charge is -2.05. The van der Waals surface area contributed by atoms with Gasteiger partial charge in [-0.3, -0.25) is 4.79 Å². The van der Waals surface area contributed by atoms with Crippen molar-refractivity contribution in [1.82, 2.24) is 0 Å². The molecule has 0 amide bonds. The molecular weight excluding hydrogens is 237 g/mol. The number of primary sulfonamides is 1. The van der Waals surface area contributed by atoms with E-state index >= 15 is 0 Å². The first-order valence-corrected chi connectivity index (χ1v) is 5.89. The van der Waals surface area contributed by atoms with Crippen molar-refractivity contribution in [3.8, 4) is 0 Å². The van der Waals surface area contributed by atoms with Crippen molar-refractivity contribution in [2.75, 3.05) is 0 Å². The molecule has 3 N–H and O–H groups in total. The Kier molecular flexibility index (Phi) is 3.61. The van der Waals surface area contributed by atoms with Gasteiger partial charge in [-0.1, -0.05) is 12.1 Å². The highest BCUT2D eigenvalue weighted by molar-refractivity contribution is 7.89. The van der Waals surface area contributed by atoms with E-state index in [-0.39, 0.29) is 18.4 Å². The maximum atomic E-state index is 13.6. The molecule has 0 saturated carbocycles. The summed E-state index contributed by atoms with van der Waals surface area (Å²) in [6.07, 6.45) is -0.352. The Morgan fingerprint density at radius 2 is 2.06 bits per heavy atom. The van der Waals surface area contributed by atoms with Gasteiger partial charge in [0.05, 0.1) is 0 Å². The summed E-state index contributed by atoms with van der Waals surface area (Å²) in [5.41, 5.74) is 0.0222. The first-order valence-electron chi connectivity index (χ1n) is 4.34. The van der Waals surface area contributed by atoms with Crippen LogP contribution in [0.3, 0.4) is 0 Å². The summed E-state index contributed by atoms with van der Waals surface area (Å²) >= 11 is 0. The minimum atomic E-state index is -4.12. The third kappa shape index (κ3) is 3.01. The molecule has 0 spiro atoms. The number of rotatable bonds is 4. The second-order valence-corrected chi connectivity index (χ2v) is 4.70. The third-order valence-corrected chi connectivity index (χ3v) is 2.89. The molecule has 0 bridgehead atoms. The van der Waals surface area contributed by atoms with E-state index in [1.807, 2.05) is 0 Å². The fraction of sp³-hybridized carbons (Fsp3) is 0.222. The van der Waals surface area contributed by atoms with Crippen LogP contribution in [0, 0.1) is 5.82 Å². The third-order valence-electron chi connectivity index (χ3n) is 1.96. The highest BCUT2D eigenvalue weighted by Crippen LogP contribution is 2.17. The number of halogens is 1. The van der Waals surface area contributed by atoms with Crippen molar-refractivity contribution in [3.63, 3.8) is 0 Å². The minimum Gasteiger partial charge on any atom is -0.481 e. The number of hydrogen-bond donors (Lipinski definition) is 2. The average Bonchev–Trinajstić information content (AvgIpc) is 2.14. The second-order valence-electron chi connectivity index (χ2n) is 3.17. The average molecular weight is 247 g/mol. The highest BCUT2D eigenvalue weighted by Gasteiger charge is 2.17. The Balaban J connectivity index is 3.10. The summed E-state index contributed by atoms with van der Waals surface area (Å²) in [5.74, 6) is -2.06. The first-order chi connectivity index (χ1) is 7.32. The number of carboxylic acid groups (broad SMARTS) is 1. The molecule has 0 aliphatic heterocycles. The van der Waals surface area contributed by atoms with E-state index in [4.69, 9.17) is 10.2 Å². The van der Waals surface area contributed by atoms with Crippen LogP contribution in [0.2, 0.25) is 0 Å². The van der Waals surface area contributed by atoms with Gasteiger partial charge in [-0.15, -0.1) is 0 Å². The van der Waals surface area contributed by atoms with E-state index in [1.165, 1.54) is 12.1 Å². The summed E-state index contributed by atoms with van der Waals surface area (Å²) in [6, 6.07) is 3.68. The number of aliphatic carboxylic acids is 1. The zero-order chi connectivity index (χ0) is 12.3. The number of nitrogens with two attached hydrogens (primary N) is 1. The molecule has 5 nitrogen and oxygen atoms in total. The van der Waals surface area contributed by atoms with Crippen molar-refractivity contribution >= 4 is 16.0 Å². The lowest BCUT2D eigenvalue weighted by atomic mass is 10.1. The van der Waals surface area contributed by atoms with Gasteiger partial charge in [0.15, 0.2) is 0 Å². The summed E-state index contributed by atoms with van der Waals surface area (Å²) in [4.78, 5) is 9.68. The van der Waals surface area contributed by atoms with Gasteiger partial charge in [0.25, 0.3) is 0 Å². The zero-order valence-electron chi connectivity index (χ0n) is 8.18. The molecule has 1 rings (SSSR count). The lowest BCUT2D eigenvalue weighted by molar-refractivity contribution is -0.136. The smallest absolute Gasteiger partial charge is 0.303 e. The standard InChI is InChI=1S/C9H10FNO4S/c10-9-6(4-5-8(12)13)2-1-3-7(9)16(11,14)15/h1-3H,4-5H2,(H,12,13)(H2,11,14,15). The number of carbonyl (C=O) groups is 1. The highest BCUT2D eigenvalue weighted by atomic mass is 32.2. The molecule has 7 heteroatoms. The number of benzene rings is 1. The fourth-order valence-electron chi connectivity index (χ4n) is 1.21. The Morgan fingerprint density at radius 3 is 2.56 bits per heavy atom. The summed E-state index contributed by atoms with van der Waals surface area (Å²) in [6.45, 7) is 0. The quantitative estimate of drug-likeness (QED) is 0.809. The van der Waals surface area contributed by atoms with Crippen LogP contribution < -0.4 is 5.14 Å². The Hall–Kier alpha value is -1.47. The van der Waals surface area contributed by atoms with Crippen LogP contribution in [0.1, 0.15) is 12.0 Å². The van der Waals surface area contributed by atoms with Crippen LogP contribution in [-0.2, 0) is 21.2 Å². The van der Waals surface area contributed by atoms with Gasteiger partial charge >= 0.3 is 5.97 Å². The van der Waals surface area contributed by atoms with Crippen molar-refractivity contribution in [2.45, 2.75) is 17.7 Å². The second kappa shape index (κ2) is 4.58. The SMILES string of the molecule is NS(=O)(=O)c1cccc(CCC(=O)O)c1F. The number of carboxylic acids is 1. The lowest BCUT2D eigenvalue weighted by Crippen LogP contribution is -2.15. The molecule has 0 saturated heterocycles. The predicted octanol–water partition coefficient (Wildman–Crippen LogP) is 0.490. The van der Waals surface area contributed by atoms with Crippen molar-refractivity contribution in [1.29, 1.82) is 0 Å². The van der Waals surface area contributed by atoms with Gasteiger partial charge in [-0.2, -0.15) is 0 Å². The van der Waals surface area contributed by atoms with Crippen molar-refractivity contribution in [2.24, 2.45) is 5.14 Å². The Bertz CT molecular complexity index is 512. The van der Waals surface area contributed by atoms with E-state index < -0.39 is 26.7 Å². The predicted molar refractivity (Wildman–Crippen MR) is 53.7 cm³/mol. The number of sulfonamides is 1. The first kappa shape index (κ1) is 12.6. The molecule has 0 aliphatic rings. The van der Waals surface area contributed by atoms with Crippen LogP contribution in [0.5, 0.6) is 0 Å². The number of hydrogen-bond acceptors (Lipinski definition) is 3. The van der Waals surface area contributed by atoms with Gasteiger partial charge in [-0.05, 0) is 18.1 Å². The van der Waals surface area contributed by atoms with E-state index in [1.54, 1.807) is 0 Å². The summed E-state index contributed by atoms with van der Waals surface area (Å²) in [5, 5.41) is 13.2. The Morgan fingerprint density at radius 1 is 1.44 bits per heavy atom.